The smallest absolute Gasteiger partial charge is 0.259 e. The average Bonchev–Trinajstić information content (AvgIpc) is 3.08. The molecule has 0 saturated carbocycles. The summed E-state index contributed by atoms with van der Waals surface area (Å²) in [5, 5.41) is 4.03. The van der Waals surface area contributed by atoms with Gasteiger partial charge in [0.2, 0.25) is 0 Å². The highest BCUT2D eigenvalue weighted by molar-refractivity contribution is 5.96. The second-order valence-corrected chi connectivity index (χ2v) is 7.52. The lowest BCUT2D eigenvalue weighted by atomic mass is 10.0. The van der Waals surface area contributed by atoms with Gasteiger partial charge in [-0.3, -0.25) is 4.79 Å². The molecule has 0 radical (unpaired) electrons. The first kappa shape index (κ1) is 19.6. The summed E-state index contributed by atoms with van der Waals surface area (Å²) in [6.07, 6.45) is 5.16. The van der Waals surface area contributed by atoms with Crippen molar-refractivity contribution < 1.29 is 9.32 Å². The molecule has 0 aliphatic carbocycles. The zero-order valence-corrected chi connectivity index (χ0v) is 16.8. The molecule has 1 unspecified atom stereocenters. The molecule has 1 aromatic heterocycles. The molecular formula is C22H31N3O2. The highest BCUT2D eigenvalue weighted by Crippen LogP contribution is 2.21. The maximum absolute atomic E-state index is 13.0. The third kappa shape index (κ3) is 4.78. The number of likely N-dealkylation sites (tertiary alicyclic amines) is 1. The number of carbonyl (C=O) groups excluding carboxylic acids is 1. The number of likely N-dealkylation sites (N-methyl/N-ethyl adjacent to an activating group) is 1. The van der Waals surface area contributed by atoms with Gasteiger partial charge in [0, 0.05) is 19.6 Å². The molecule has 1 amide bonds. The van der Waals surface area contributed by atoms with Gasteiger partial charge in [-0.2, -0.15) is 0 Å². The van der Waals surface area contributed by atoms with Crippen LogP contribution in [0.4, 0.5) is 0 Å². The lowest BCUT2D eigenvalue weighted by Crippen LogP contribution is -2.49. The molecule has 5 heteroatoms. The standard InChI is InChI=1S/C22H31N3O2/c1-4-20-21(17(2)27-23-20)22(26)24(3)19-13-9-15-25(16-19)14-8-12-18-10-6-5-7-11-18/h5-7,10-11,19H,4,8-9,12-16H2,1-3H3. The number of nitrogens with zero attached hydrogens (tertiary/aromatic N) is 3. The maximum atomic E-state index is 13.0. The first-order valence-corrected chi connectivity index (χ1v) is 10.1. The Hall–Kier alpha value is -2.14. The summed E-state index contributed by atoms with van der Waals surface area (Å²) < 4.78 is 5.25. The van der Waals surface area contributed by atoms with E-state index in [0.29, 0.717) is 17.7 Å². The van der Waals surface area contributed by atoms with Gasteiger partial charge in [0.15, 0.2) is 0 Å². The maximum Gasteiger partial charge on any atom is 0.259 e. The van der Waals surface area contributed by atoms with E-state index < -0.39 is 0 Å². The van der Waals surface area contributed by atoms with Crippen LogP contribution in [0.25, 0.3) is 0 Å². The van der Waals surface area contributed by atoms with Crippen LogP contribution in [0.3, 0.4) is 0 Å². The van der Waals surface area contributed by atoms with Crippen molar-refractivity contribution in [3.63, 3.8) is 0 Å². The van der Waals surface area contributed by atoms with Crippen molar-refractivity contribution >= 4 is 5.91 Å². The molecule has 2 aromatic rings. The van der Waals surface area contributed by atoms with E-state index in [1.54, 1.807) is 0 Å². The Morgan fingerprint density at radius 1 is 1.33 bits per heavy atom. The highest BCUT2D eigenvalue weighted by Gasteiger charge is 2.29. The predicted molar refractivity (Wildman–Crippen MR) is 107 cm³/mol. The van der Waals surface area contributed by atoms with Crippen LogP contribution in [0.1, 0.15) is 53.6 Å². The Morgan fingerprint density at radius 3 is 2.85 bits per heavy atom. The van der Waals surface area contributed by atoms with Crippen LogP contribution in [-0.2, 0) is 12.8 Å². The van der Waals surface area contributed by atoms with Gasteiger partial charge in [-0.1, -0.05) is 42.4 Å². The van der Waals surface area contributed by atoms with Gasteiger partial charge in [0.1, 0.15) is 11.3 Å². The number of hydrogen-bond acceptors (Lipinski definition) is 4. The van der Waals surface area contributed by atoms with Crippen LogP contribution in [0.2, 0.25) is 0 Å². The second-order valence-electron chi connectivity index (χ2n) is 7.52. The monoisotopic (exact) mass is 369 g/mol. The minimum atomic E-state index is 0.0433. The number of benzene rings is 1. The molecule has 1 atom stereocenters. The number of hydrogen-bond donors (Lipinski definition) is 0. The van der Waals surface area contributed by atoms with Crippen molar-refractivity contribution in [1.29, 1.82) is 0 Å². The first-order chi connectivity index (χ1) is 13.1. The molecule has 1 aliphatic rings. The molecule has 1 saturated heterocycles. The summed E-state index contributed by atoms with van der Waals surface area (Å²) in [5.41, 5.74) is 2.81. The summed E-state index contributed by atoms with van der Waals surface area (Å²) in [6, 6.07) is 10.9. The number of amides is 1. The molecule has 1 fully saturated rings. The van der Waals surface area contributed by atoms with E-state index in [0.717, 1.165) is 51.0 Å². The number of aromatic nitrogens is 1. The van der Waals surface area contributed by atoms with Crippen molar-refractivity contribution in [2.24, 2.45) is 0 Å². The van der Waals surface area contributed by atoms with E-state index in [-0.39, 0.29) is 11.9 Å². The van der Waals surface area contributed by atoms with E-state index in [4.69, 9.17) is 4.52 Å². The van der Waals surface area contributed by atoms with Crippen molar-refractivity contribution in [3.05, 3.63) is 52.9 Å². The fraction of sp³-hybridized carbons (Fsp3) is 0.545. The molecule has 0 spiro atoms. The van der Waals surface area contributed by atoms with Gasteiger partial charge in [0.05, 0.1) is 5.69 Å². The number of rotatable bonds is 7. The Morgan fingerprint density at radius 2 is 2.11 bits per heavy atom. The SMILES string of the molecule is CCc1noc(C)c1C(=O)N(C)C1CCCN(CCCc2ccccc2)C1. The Bertz CT molecular complexity index is 741. The Balaban J connectivity index is 1.55. The van der Waals surface area contributed by atoms with Gasteiger partial charge in [0.25, 0.3) is 5.91 Å². The van der Waals surface area contributed by atoms with Crippen LogP contribution in [-0.4, -0.2) is 53.6 Å². The number of piperidine rings is 1. The molecule has 1 aromatic carbocycles. The van der Waals surface area contributed by atoms with Crippen LogP contribution < -0.4 is 0 Å². The van der Waals surface area contributed by atoms with Crippen LogP contribution in [0.5, 0.6) is 0 Å². The molecular weight excluding hydrogens is 338 g/mol. The van der Waals surface area contributed by atoms with Crippen LogP contribution in [0, 0.1) is 6.92 Å². The summed E-state index contributed by atoms with van der Waals surface area (Å²) >= 11 is 0. The fourth-order valence-electron chi connectivity index (χ4n) is 3.98. The molecule has 2 heterocycles. The minimum absolute atomic E-state index is 0.0433. The second kappa shape index (κ2) is 9.18. The molecule has 146 valence electrons. The minimum Gasteiger partial charge on any atom is -0.361 e. The summed E-state index contributed by atoms with van der Waals surface area (Å²) in [7, 11) is 1.92. The average molecular weight is 370 g/mol. The normalized spacial score (nSPS) is 17.8. The van der Waals surface area contributed by atoms with Crippen molar-refractivity contribution in [2.45, 2.75) is 52.0 Å². The molecule has 5 nitrogen and oxygen atoms in total. The molecule has 0 bridgehead atoms. The third-order valence-corrected chi connectivity index (χ3v) is 5.61. The van der Waals surface area contributed by atoms with Crippen LogP contribution >= 0.6 is 0 Å². The van der Waals surface area contributed by atoms with Crippen LogP contribution in [0.15, 0.2) is 34.9 Å². The predicted octanol–water partition coefficient (Wildman–Crippen LogP) is 3.71. The summed E-state index contributed by atoms with van der Waals surface area (Å²) in [4.78, 5) is 17.4. The quantitative estimate of drug-likeness (QED) is 0.746. The Kier molecular flexibility index (Phi) is 6.67. The van der Waals surface area contributed by atoms with E-state index in [1.165, 1.54) is 5.56 Å². The zero-order valence-electron chi connectivity index (χ0n) is 16.8. The van der Waals surface area contributed by atoms with Gasteiger partial charge in [-0.25, -0.2) is 0 Å². The highest BCUT2D eigenvalue weighted by atomic mass is 16.5. The lowest BCUT2D eigenvalue weighted by Gasteiger charge is -2.37. The zero-order chi connectivity index (χ0) is 19.2. The molecule has 27 heavy (non-hydrogen) atoms. The van der Waals surface area contributed by atoms with Gasteiger partial charge in [-0.15, -0.1) is 0 Å². The summed E-state index contributed by atoms with van der Waals surface area (Å²) in [5.74, 6) is 0.668. The van der Waals surface area contributed by atoms with Crippen molar-refractivity contribution in [3.8, 4) is 0 Å². The molecule has 3 rings (SSSR count). The number of aryl methyl sites for hydroxylation is 3. The lowest BCUT2D eigenvalue weighted by molar-refractivity contribution is 0.0614. The van der Waals surface area contributed by atoms with Gasteiger partial charge < -0.3 is 14.3 Å². The number of carbonyl (C=O) groups is 1. The topological polar surface area (TPSA) is 49.6 Å². The van der Waals surface area contributed by atoms with Gasteiger partial charge in [-0.05, 0) is 57.7 Å². The van der Waals surface area contributed by atoms with Crippen molar-refractivity contribution in [2.75, 3.05) is 26.7 Å². The van der Waals surface area contributed by atoms with E-state index >= 15 is 0 Å². The fourth-order valence-corrected chi connectivity index (χ4v) is 3.98. The molecule has 0 N–H and O–H groups in total. The molecule has 1 aliphatic heterocycles. The van der Waals surface area contributed by atoms with E-state index in [1.807, 2.05) is 25.8 Å². The van der Waals surface area contributed by atoms with E-state index in [9.17, 15) is 4.79 Å². The van der Waals surface area contributed by atoms with Crippen molar-refractivity contribution in [1.82, 2.24) is 15.0 Å². The largest absolute Gasteiger partial charge is 0.361 e. The first-order valence-electron chi connectivity index (χ1n) is 10.1. The van der Waals surface area contributed by atoms with Gasteiger partial charge >= 0.3 is 0 Å². The van der Waals surface area contributed by atoms with E-state index in [2.05, 4.69) is 40.4 Å². The Labute approximate surface area is 162 Å². The third-order valence-electron chi connectivity index (χ3n) is 5.61. The summed E-state index contributed by atoms with van der Waals surface area (Å²) in [6.45, 7) is 6.98.